The summed E-state index contributed by atoms with van der Waals surface area (Å²) in [4.78, 5) is 22.4. The van der Waals surface area contributed by atoms with E-state index in [1.807, 2.05) is 0 Å². The Morgan fingerprint density at radius 3 is 2.72 bits per heavy atom. The molecule has 0 fully saturated rings. The number of anilines is 1. The van der Waals surface area contributed by atoms with Gasteiger partial charge in [0, 0.05) is 11.3 Å². The van der Waals surface area contributed by atoms with Gasteiger partial charge in [-0.25, -0.2) is 9.18 Å². The number of hydrogen-bond acceptors (Lipinski definition) is 5. The molecule has 0 bridgehead atoms. The first-order valence-corrected chi connectivity index (χ1v) is 5.04. The summed E-state index contributed by atoms with van der Waals surface area (Å²) in [6, 6.07) is 3.35. The molecule has 1 rings (SSSR count). The Morgan fingerprint density at radius 1 is 1.50 bits per heavy atom. The lowest BCUT2D eigenvalue weighted by molar-refractivity contribution is -0.149. The van der Waals surface area contributed by atoms with Crippen LogP contribution in [0, 0.1) is 5.82 Å². The van der Waals surface area contributed by atoms with Crippen molar-refractivity contribution in [2.45, 2.75) is 6.10 Å². The average Bonchev–Trinajstić information content (AvgIpc) is 2.33. The lowest BCUT2D eigenvalue weighted by Crippen LogP contribution is -2.37. The fourth-order valence-corrected chi connectivity index (χ4v) is 1.25. The van der Waals surface area contributed by atoms with Crippen LogP contribution in [0.1, 0.15) is 10.4 Å². The predicted molar refractivity (Wildman–Crippen MR) is 61.2 cm³/mol. The number of esters is 1. The summed E-state index contributed by atoms with van der Waals surface area (Å²) in [6.07, 6.45) is -1.47. The second-order valence-corrected chi connectivity index (χ2v) is 3.52. The van der Waals surface area contributed by atoms with Crippen LogP contribution in [0.3, 0.4) is 0 Å². The molecule has 98 valence electrons. The average molecular weight is 256 g/mol. The minimum absolute atomic E-state index is 0.00423. The van der Waals surface area contributed by atoms with E-state index >= 15 is 0 Å². The second kappa shape index (κ2) is 5.97. The van der Waals surface area contributed by atoms with Gasteiger partial charge in [-0.15, -0.1) is 0 Å². The topological polar surface area (TPSA) is 102 Å². The highest BCUT2D eigenvalue weighted by molar-refractivity contribution is 5.95. The Balaban J connectivity index is 2.63. The molecule has 0 aliphatic carbocycles. The number of nitrogens with two attached hydrogens (primary N) is 1. The van der Waals surface area contributed by atoms with Crippen molar-refractivity contribution in [2.75, 3.05) is 19.4 Å². The minimum Gasteiger partial charge on any atom is -0.467 e. The number of amides is 1. The summed E-state index contributed by atoms with van der Waals surface area (Å²) in [5.74, 6) is -2.16. The van der Waals surface area contributed by atoms with Crippen LogP contribution in [-0.2, 0) is 9.53 Å². The number of carbonyl (C=O) groups is 2. The number of ether oxygens (including phenoxy) is 1. The molecule has 7 heteroatoms. The molecule has 0 saturated heterocycles. The molecule has 0 spiro atoms. The second-order valence-electron chi connectivity index (χ2n) is 3.52. The van der Waals surface area contributed by atoms with Gasteiger partial charge in [0.2, 0.25) is 0 Å². The molecule has 1 aromatic rings. The van der Waals surface area contributed by atoms with Gasteiger partial charge in [-0.2, -0.15) is 0 Å². The number of aliphatic hydroxyl groups excluding tert-OH is 1. The van der Waals surface area contributed by atoms with Crippen LogP contribution in [0.2, 0.25) is 0 Å². The Hall–Kier alpha value is -2.15. The highest BCUT2D eigenvalue weighted by Crippen LogP contribution is 2.10. The van der Waals surface area contributed by atoms with E-state index in [9.17, 15) is 19.1 Å². The number of aliphatic hydroxyl groups is 1. The molecule has 0 aliphatic rings. The van der Waals surface area contributed by atoms with Gasteiger partial charge in [0.25, 0.3) is 5.91 Å². The molecule has 0 aromatic heterocycles. The molecule has 6 nitrogen and oxygen atoms in total. The quantitative estimate of drug-likeness (QED) is 0.506. The van der Waals surface area contributed by atoms with Crippen molar-refractivity contribution in [2.24, 2.45) is 0 Å². The van der Waals surface area contributed by atoms with Crippen molar-refractivity contribution >= 4 is 17.6 Å². The van der Waals surface area contributed by atoms with Gasteiger partial charge in [0.1, 0.15) is 5.82 Å². The van der Waals surface area contributed by atoms with Crippen molar-refractivity contribution in [3.05, 3.63) is 29.6 Å². The van der Waals surface area contributed by atoms with Gasteiger partial charge in [-0.1, -0.05) is 0 Å². The monoisotopic (exact) mass is 256 g/mol. The summed E-state index contributed by atoms with van der Waals surface area (Å²) in [5.41, 5.74) is 5.49. The number of carbonyl (C=O) groups excluding carboxylic acids is 2. The van der Waals surface area contributed by atoms with Crippen LogP contribution in [0.4, 0.5) is 10.1 Å². The summed E-state index contributed by atoms with van der Waals surface area (Å²) < 4.78 is 17.3. The Labute approximate surface area is 103 Å². The highest BCUT2D eigenvalue weighted by atomic mass is 19.1. The third kappa shape index (κ3) is 3.70. The number of methoxy groups -OCH3 is 1. The standard InChI is InChI=1S/C11H13FN2O4/c1-18-11(17)9(15)5-14-10(16)6-2-7(12)4-8(13)3-6/h2-4,9,15H,5,13H2,1H3,(H,14,16). The van der Waals surface area contributed by atoms with E-state index in [2.05, 4.69) is 10.1 Å². The van der Waals surface area contributed by atoms with Gasteiger partial charge in [-0.3, -0.25) is 4.79 Å². The van der Waals surface area contributed by atoms with Gasteiger partial charge in [-0.05, 0) is 18.2 Å². The first-order valence-electron chi connectivity index (χ1n) is 5.04. The van der Waals surface area contributed by atoms with Crippen LogP contribution in [0.5, 0.6) is 0 Å². The fraction of sp³-hybridized carbons (Fsp3) is 0.273. The van der Waals surface area contributed by atoms with Crippen molar-refractivity contribution < 1.29 is 23.8 Å². The van der Waals surface area contributed by atoms with Crippen LogP contribution >= 0.6 is 0 Å². The van der Waals surface area contributed by atoms with E-state index in [-0.39, 0.29) is 17.8 Å². The lowest BCUT2D eigenvalue weighted by Gasteiger charge is -2.10. The molecule has 1 amide bonds. The number of nitrogen functional groups attached to an aromatic ring is 1. The van der Waals surface area contributed by atoms with E-state index < -0.39 is 23.8 Å². The number of hydrogen-bond donors (Lipinski definition) is 3. The van der Waals surface area contributed by atoms with Crippen LogP contribution in [0.25, 0.3) is 0 Å². The van der Waals surface area contributed by atoms with Crippen LogP contribution in [-0.4, -0.2) is 36.7 Å². The number of halogens is 1. The molecule has 1 aromatic carbocycles. The van der Waals surface area contributed by atoms with Crippen molar-refractivity contribution in [1.29, 1.82) is 0 Å². The summed E-state index contributed by atoms with van der Waals surface area (Å²) in [5, 5.41) is 11.5. The normalized spacial score (nSPS) is 11.7. The van der Waals surface area contributed by atoms with E-state index in [0.29, 0.717) is 0 Å². The lowest BCUT2D eigenvalue weighted by atomic mass is 10.2. The third-order valence-corrected chi connectivity index (χ3v) is 2.11. The molecule has 1 unspecified atom stereocenters. The minimum atomic E-state index is -1.47. The molecule has 1 atom stereocenters. The van der Waals surface area contributed by atoms with Crippen molar-refractivity contribution in [3.63, 3.8) is 0 Å². The van der Waals surface area contributed by atoms with Crippen LogP contribution in [0.15, 0.2) is 18.2 Å². The zero-order chi connectivity index (χ0) is 13.7. The Morgan fingerprint density at radius 2 is 2.17 bits per heavy atom. The Kier molecular flexibility index (Phi) is 4.61. The largest absolute Gasteiger partial charge is 0.467 e. The van der Waals surface area contributed by atoms with Gasteiger partial charge < -0.3 is 20.9 Å². The Bertz CT molecular complexity index is 444. The van der Waals surface area contributed by atoms with Gasteiger partial charge in [0.05, 0.1) is 13.7 Å². The molecular weight excluding hydrogens is 243 g/mol. The SMILES string of the molecule is COC(=O)C(O)CNC(=O)c1cc(N)cc(F)c1. The van der Waals surface area contributed by atoms with Crippen LogP contribution < -0.4 is 11.1 Å². The van der Waals surface area contributed by atoms with E-state index in [0.717, 1.165) is 19.2 Å². The van der Waals surface area contributed by atoms with E-state index in [1.54, 1.807) is 0 Å². The van der Waals surface area contributed by atoms with Gasteiger partial charge in [0.15, 0.2) is 6.10 Å². The number of rotatable bonds is 4. The zero-order valence-corrected chi connectivity index (χ0v) is 9.64. The maximum Gasteiger partial charge on any atom is 0.336 e. The first-order chi connectivity index (χ1) is 8.43. The fourth-order valence-electron chi connectivity index (χ4n) is 1.25. The van der Waals surface area contributed by atoms with Crippen molar-refractivity contribution in [1.82, 2.24) is 5.32 Å². The number of benzene rings is 1. The summed E-state index contributed by atoms with van der Waals surface area (Å²) in [6.45, 7) is -0.331. The molecule has 0 radical (unpaired) electrons. The van der Waals surface area contributed by atoms with Gasteiger partial charge >= 0.3 is 5.97 Å². The summed E-state index contributed by atoms with van der Waals surface area (Å²) in [7, 11) is 1.11. The van der Waals surface area contributed by atoms with E-state index in [4.69, 9.17) is 5.73 Å². The molecule has 18 heavy (non-hydrogen) atoms. The van der Waals surface area contributed by atoms with Crippen molar-refractivity contribution in [3.8, 4) is 0 Å². The first kappa shape index (κ1) is 13.9. The third-order valence-electron chi connectivity index (χ3n) is 2.11. The molecule has 4 N–H and O–H groups in total. The molecule has 0 heterocycles. The maximum atomic E-state index is 13.0. The molecular formula is C11H13FN2O4. The highest BCUT2D eigenvalue weighted by Gasteiger charge is 2.17. The maximum absolute atomic E-state index is 13.0. The molecule has 0 saturated carbocycles. The smallest absolute Gasteiger partial charge is 0.336 e. The number of nitrogens with one attached hydrogen (secondary N) is 1. The zero-order valence-electron chi connectivity index (χ0n) is 9.64. The predicted octanol–water partition coefficient (Wildman–Crippen LogP) is -0.328. The molecule has 0 aliphatic heterocycles. The summed E-state index contributed by atoms with van der Waals surface area (Å²) >= 11 is 0. The van der Waals surface area contributed by atoms with E-state index in [1.165, 1.54) is 6.07 Å².